The standard InChI is InChI=1S/C53H82O24/c1-21-37(73-42-34(62)29(57)25(55)19-70-42)33(61)36(64)43(72-21)75-39-30(58)26(56)20-71-45(39)77-47(68)53-15-13-48(2,3)17-23(53)22-9-10-27-49(4)18-24(54)40(76-44-35(63)31(59)32(60)38(74-44)41(65)69-8)52(7,46(66)67)28(49)11-12-51(27,6)50(22,5)14-16-53/h9,21,23-40,42-45,54-64H,10-20H2,1-8H3,(H,66,67). The number of esters is 2. The maximum Gasteiger partial charge on any atom is 0.337 e. The molecule has 9 aliphatic rings. The largest absolute Gasteiger partial charge is 0.481 e. The maximum absolute atomic E-state index is 15.3. The van der Waals surface area contributed by atoms with Crippen LogP contribution in [-0.2, 0) is 57.0 Å². The minimum absolute atomic E-state index is 0.0858. The van der Waals surface area contributed by atoms with E-state index in [0.29, 0.717) is 51.4 Å². The number of aliphatic hydroxyl groups is 11. The molecule has 0 bridgehead atoms. The molecule has 0 spiro atoms. The summed E-state index contributed by atoms with van der Waals surface area (Å²) >= 11 is 0. The van der Waals surface area contributed by atoms with Crippen molar-refractivity contribution in [2.24, 2.45) is 50.2 Å². The molecule has 0 aromatic carbocycles. The van der Waals surface area contributed by atoms with Crippen molar-refractivity contribution in [3.05, 3.63) is 11.6 Å². The maximum atomic E-state index is 15.3. The van der Waals surface area contributed by atoms with Gasteiger partial charge in [0, 0.05) is 0 Å². The molecule has 9 rings (SSSR count). The lowest BCUT2D eigenvalue weighted by Gasteiger charge is -2.71. The van der Waals surface area contributed by atoms with Gasteiger partial charge in [-0.1, -0.05) is 46.3 Å². The zero-order chi connectivity index (χ0) is 56.4. The minimum atomic E-state index is -1.93. The first kappa shape index (κ1) is 59.1. The number of allylic oxidation sites excluding steroid dienone is 2. The number of carbonyl (C=O) groups excluding carboxylic acids is 2. The minimum Gasteiger partial charge on any atom is -0.481 e. The predicted molar refractivity (Wildman–Crippen MR) is 258 cm³/mol. The van der Waals surface area contributed by atoms with E-state index in [4.69, 9.17) is 42.6 Å². The highest BCUT2D eigenvalue weighted by Crippen LogP contribution is 2.76. The van der Waals surface area contributed by atoms with Gasteiger partial charge in [0.25, 0.3) is 0 Å². The molecule has 8 fully saturated rings. The fraction of sp³-hybridized carbons (Fsp3) is 0.906. The van der Waals surface area contributed by atoms with E-state index >= 15 is 4.79 Å². The van der Waals surface area contributed by atoms with Crippen LogP contribution in [0.25, 0.3) is 0 Å². The summed E-state index contributed by atoms with van der Waals surface area (Å²) in [5.74, 6) is -4.08. The topological polar surface area (TPSA) is 377 Å². The average molecular weight is 1100 g/mol. The summed E-state index contributed by atoms with van der Waals surface area (Å²) in [5, 5.41) is 131. The summed E-state index contributed by atoms with van der Waals surface area (Å²) < 4.78 is 51.8. The van der Waals surface area contributed by atoms with Gasteiger partial charge in [-0.3, -0.25) is 9.59 Å². The molecule has 438 valence electrons. The monoisotopic (exact) mass is 1100 g/mol. The molecule has 4 aliphatic heterocycles. The van der Waals surface area contributed by atoms with Crippen molar-refractivity contribution < 1.29 is 118 Å². The third-order valence-corrected chi connectivity index (χ3v) is 20.8. The summed E-state index contributed by atoms with van der Waals surface area (Å²) in [4.78, 5) is 41.6. The predicted octanol–water partition coefficient (Wildman–Crippen LogP) is -1.51. The van der Waals surface area contributed by atoms with Crippen molar-refractivity contribution in [2.75, 3.05) is 20.3 Å². The second-order valence-electron chi connectivity index (χ2n) is 25.5. The molecule has 4 saturated carbocycles. The van der Waals surface area contributed by atoms with E-state index in [1.54, 1.807) is 0 Å². The highest BCUT2D eigenvalue weighted by molar-refractivity contribution is 5.79. The zero-order valence-electron chi connectivity index (χ0n) is 44.9. The van der Waals surface area contributed by atoms with Gasteiger partial charge < -0.3 is 104 Å². The molecular formula is C53H82O24. The molecular weight excluding hydrogens is 1020 g/mol. The smallest absolute Gasteiger partial charge is 0.337 e. The van der Waals surface area contributed by atoms with Gasteiger partial charge in [0.1, 0.15) is 73.2 Å². The van der Waals surface area contributed by atoms with E-state index in [-0.39, 0.29) is 30.3 Å². The Hall–Kier alpha value is -2.57. The number of carboxylic acids is 1. The summed E-state index contributed by atoms with van der Waals surface area (Å²) in [6, 6.07) is 0. The molecule has 5 aliphatic carbocycles. The summed E-state index contributed by atoms with van der Waals surface area (Å²) in [6.07, 6.45) is -26.4. The Labute approximate surface area is 446 Å². The number of methoxy groups -OCH3 is 1. The number of rotatable bonds is 10. The van der Waals surface area contributed by atoms with Gasteiger partial charge in [-0.15, -0.1) is 0 Å². The first-order valence-electron chi connectivity index (χ1n) is 27.1. The van der Waals surface area contributed by atoms with Gasteiger partial charge in [0.05, 0.1) is 43.4 Å². The van der Waals surface area contributed by atoms with E-state index in [1.807, 2.05) is 6.92 Å². The lowest BCUT2D eigenvalue weighted by atomic mass is 9.33. The van der Waals surface area contributed by atoms with Gasteiger partial charge in [-0.05, 0) is 111 Å². The van der Waals surface area contributed by atoms with Crippen LogP contribution in [0.1, 0.15) is 106 Å². The Kier molecular flexibility index (Phi) is 16.1. The number of hydrogen-bond acceptors (Lipinski definition) is 23. The van der Waals surface area contributed by atoms with Crippen molar-refractivity contribution >= 4 is 17.9 Å². The molecule has 28 atom stereocenters. The highest BCUT2D eigenvalue weighted by atomic mass is 16.8. The van der Waals surface area contributed by atoms with Crippen LogP contribution in [0.5, 0.6) is 0 Å². The second-order valence-corrected chi connectivity index (χ2v) is 25.5. The third kappa shape index (κ3) is 9.42. The van der Waals surface area contributed by atoms with Crippen LogP contribution in [0.3, 0.4) is 0 Å². The number of fused-ring (bicyclic) bond motifs is 7. The van der Waals surface area contributed by atoms with E-state index in [1.165, 1.54) is 13.8 Å². The van der Waals surface area contributed by atoms with Gasteiger partial charge in [-0.2, -0.15) is 0 Å². The van der Waals surface area contributed by atoms with Gasteiger partial charge in [0.2, 0.25) is 6.29 Å². The first-order chi connectivity index (χ1) is 35.9. The summed E-state index contributed by atoms with van der Waals surface area (Å²) in [7, 11) is 1.05. The number of aliphatic carboxylic acids is 1. The van der Waals surface area contributed by atoms with Gasteiger partial charge in [-0.25, -0.2) is 4.79 Å². The number of hydrogen-bond donors (Lipinski definition) is 12. The van der Waals surface area contributed by atoms with Crippen LogP contribution in [0.4, 0.5) is 0 Å². The zero-order valence-corrected chi connectivity index (χ0v) is 44.9. The highest BCUT2D eigenvalue weighted by Gasteiger charge is 2.73. The first-order valence-corrected chi connectivity index (χ1v) is 27.1. The summed E-state index contributed by atoms with van der Waals surface area (Å²) in [5.41, 5.74) is -3.90. The van der Waals surface area contributed by atoms with Crippen LogP contribution in [-0.4, -0.2) is 222 Å². The average Bonchev–Trinajstić information content (AvgIpc) is 3.38. The van der Waals surface area contributed by atoms with Gasteiger partial charge >= 0.3 is 17.9 Å². The van der Waals surface area contributed by atoms with Crippen molar-refractivity contribution in [3.8, 4) is 0 Å². The second kappa shape index (κ2) is 21.0. The Balaban J connectivity index is 0.956. The fourth-order valence-corrected chi connectivity index (χ4v) is 16.1. The van der Waals surface area contributed by atoms with Crippen molar-refractivity contribution in [2.45, 2.75) is 229 Å². The molecule has 24 nitrogen and oxygen atoms in total. The third-order valence-electron chi connectivity index (χ3n) is 20.8. The lowest BCUT2D eigenvalue weighted by molar-refractivity contribution is -0.368. The van der Waals surface area contributed by atoms with Crippen LogP contribution in [0.15, 0.2) is 11.6 Å². The molecule has 12 N–H and O–H groups in total. The van der Waals surface area contributed by atoms with E-state index in [0.717, 1.165) is 12.7 Å². The van der Waals surface area contributed by atoms with Crippen LogP contribution < -0.4 is 0 Å². The molecule has 0 amide bonds. The Morgan fingerprint density at radius 2 is 1.21 bits per heavy atom. The SMILES string of the molecule is COC(=O)C1OC(OC2C(O)CC3(C)C(CCC4(C)C3CC=C3C5CC(C)(C)CCC5(C(=O)OC5OCC(O)C(O)C5OC5OC(C)C(OC6OCC(O)C(O)C6O)C(O)C5O)CCC34C)C2(C)C(=O)O)C(O)C(O)C1O. The number of aliphatic hydroxyl groups excluding tert-OH is 11. The Morgan fingerprint density at radius 1 is 0.610 bits per heavy atom. The molecule has 4 saturated heterocycles. The quantitative estimate of drug-likeness (QED) is 0.0672. The summed E-state index contributed by atoms with van der Waals surface area (Å²) in [6.45, 7) is 12.9. The molecule has 77 heavy (non-hydrogen) atoms. The van der Waals surface area contributed by atoms with Crippen molar-refractivity contribution in [3.63, 3.8) is 0 Å². The van der Waals surface area contributed by atoms with E-state index in [9.17, 15) is 70.9 Å². The number of ether oxygens (including phenoxy) is 9. The molecule has 0 radical (unpaired) electrons. The molecule has 0 aromatic heterocycles. The van der Waals surface area contributed by atoms with Crippen LogP contribution in [0.2, 0.25) is 0 Å². The molecule has 24 heteroatoms. The van der Waals surface area contributed by atoms with Crippen LogP contribution in [0, 0.1) is 50.2 Å². The number of carboxylic acid groups (broad SMARTS) is 1. The normalized spacial score (nSPS) is 53.5. The van der Waals surface area contributed by atoms with E-state index < -0.39 is 180 Å². The Morgan fingerprint density at radius 3 is 1.87 bits per heavy atom. The van der Waals surface area contributed by atoms with Crippen molar-refractivity contribution in [1.82, 2.24) is 0 Å². The fourth-order valence-electron chi connectivity index (χ4n) is 16.1. The molecule has 4 heterocycles. The van der Waals surface area contributed by atoms with Crippen molar-refractivity contribution in [1.29, 1.82) is 0 Å². The van der Waals surface area contributed by atoms with E-state index in [2.05, 4.69) is 33.8 Å². The molecule has 28 unspecified atom stereocenters. The number of carbonyl (C=O) groups is 3. The lowest BCUT2D eigenvalue weighted by Crippen LogP contribution is -2.70. The van der Waals surface area contributed by atoms with Crippen LogP contribution >= 0.6 is 0 Å². The van der Waals surface area contributed by atoms with Gasteiger partial charge in [0.15, 0.2) is 31.1 Å². The Bertz CT molecular complexity index is 2230. The molecule has 0 aromatic rings.